The van der Waals surface area contributed by atoms with E-state index in [0.717, 1.165) is 37.7 Å². The molecule has 2 unspecified atom stereocenters. The molecule has 4 rings (SSSR count). The molecule has 1 aromatic carbocycles. The molecular formula is C18H23N5S. The van der Waals surface area contributed by atoms with Gasteiger partial charge in [0.1, 0.15) is 0 Å². The average molecular weight is 341 g/mol. The van der Waals surface area contributed by atoms with Crippen LogP contribution in [0.4, 0.5) is 5.13 Å². The van der Waals surface area contributed by atoms with Crippen LogP contribution in [0.15, 0.2) is 40.8 Å². The molecule has 1 aliphatic heterocycles. The minimum atomic E-state index is 0.350. The number of aliphatic imine (C=N–C) groups is 1. The third kappa shape index (κ3) is 3.11. The fourth-order valence-corrected chi connectivity index (χ4v) is 4.11. The van der Waals surface area contributed by atoms with E-state index in [1.54, 1.807) is 11.3 Å². The van der Waals surface area contributed by atoms with Crippen molar-refractivity contribution in [2.45, 2.75) is 25.3 Å². The number of guanidine groups is 1. The number of aromatic nitrogens is 1. The summed E-state index contributed by atoms with van der Waals surface area (Å²) in [5.74, 6) is 1.25. The molecule has 2 N–H and O–H groups in total. The Labute approximate surface area is 146 Å². The summed E-state index contributed by atoms with van der Waals surface area (Å²) in [5.41, 5.74) is 9.06. The van der Waals surface area contributed by atoms with Crippen LogP contribution in [0, 0.1) is 6.92 Å². The first-order valence-electron chi connectivity index (χ1n) is 8.50. The van der Waals surface area contributed by atoms with Crippen LogP contribution in [0.25, 0.3) is 0 Å². The Morgan fingerprint density at radius 3 is 2.75 bits per heavy atom. The summed E-state index contributed by atoms with van der Waals surface area (Å²) >= 11 is 1.69. The minimum absolute atomic E-state index is 0.350. The molecule has 2 fully saturated rings. The second kappa shape index (κ2) is 6.43. The molecule has 126 valence electrons. The number of piperazine rings is 1. The average Bonchev–Trinajstić information content (AvgIpc) is 3.14. The third-order valence-electron chi connectivity index (χ3n) is 4.94. The summed E-state index contributed by atoms with van der Waals surface area (Å²) in [5, 5.41) is 3.13. The van der Waals surface area contributed by atoms with E-state index < -0.39 is 0 Å². The van der Waals surface area contributed by atoms with Crippen LogP contribution in [0.5, 0.6) is 0 Å². The zero-order valence-corrected chi connectivity index (χ0v) is 14.7. The van der Waals surface area contributed by atoms with Crippen LogP contribution >= 0.6 is 11.3 Å². The van der Waals surface area contributed by atoms with E-state index in [1.807, 2.05) is 11.6 Å². The van der Waals surface area contributed by atoms with Gasteiger partial charge >= 0.3 is 0 Å². The maximum atomic E-state index is 6.28. The van der Waals surface area contributed by atoms with Crippen LogP contribution in [-0.2, 0) is 0 Å². The minimum Gasteiger partial charge on any atom is -0.370 e. The summed E-state index contributed by atoms with van der Waals surface area (Å²) in [6, 6.07) is 8.95. The first-order chi connectivity index (χ1) is 11.7. The number of anilines is 1. The lowest BCUT2D eigenvalue weighted by Crippen LogP contribution is -2.51. The summed E-state index contributed by atoms with van der Waals surface area (Å²) in [7, 11) is 0. The Kier molecular flexibility index (Phi) is 4.14. The number of hydrogen-bond donors (Lipinski definition) is 1. The number of nitrogens with zero attached hydrogens (tertiary/aromatic N) is 4. The fourth-order valence-electron chi connectivity index (χ4n) is 3.41. The predicted octanol–water partition coefficient (Wildman–Crippen LogP) is 2.44. The Balaban J connectivity index is 1.35. The first kappa shape index (κ1) is 15.4. The number of rotatable bonds is 3. The van der Waals surface area contributed by atoms with Crippen LogP contribution in [0.3, 0.4) is 0 Å². The number of hydrogen-bond acceptors (Lipinski definition) is 4. The van der Waals surface area contributed by atoms with Crippen molar-refractivity contribution in [1.82, 2.24) is 9.88 Å². The van der Waals surface area contributed by atoms with E-state index >= 15 is 0 Å². The van der Waals surface area contributed by atoms with E-state index in [4.69, 9.17) is 10.7 Å². The first-order valence-corrected chi connectivity index (χ1v) is 9.38. The van der Waals surface area contributed by atoms with E-state index in [-0.39, 0.29) is 0 Å². The molecule has 1 saturated carbocycles. The number of thiazole rings is 1. The molecule has 1 saturated heterocycles. The summed E-state index contributed by atoms with van der Waals surface area (Å²) in [4.78, 5) is 13.7. The highest BCUT2D eigenvalue weighted by Gasteiger charge is 2.39. The highest BCUT2D eigenvalue weighted by atomic mass is 32.1. The van der Waals surface area contributed by atoms with Crippen LogP contribution < -0.4 is 10.6 Å². The predicted molar refractivity (Wildman–Crippen MR) is 99.8 cm³/mol. The molecule has 24 heavy (non-hydrogen) atoms. The normalized spacial score (nSPS) is 24.3. The molecule has 2 aliphatic rings. The van der Waals surface area contributed by atoms with Crippen molar-refractivity contribution >= 4 is 22.4 Å². The van der Waals surface area contributed by atoms with Gasteiger partial charge in [-0.05, 0) is 24.5 Å². The van der Waals surface area contributed by atoms with Gasteiger partial charge in [0.15, 0.2) is 11.1 Å². The van der Waals surface area contributed by atoms with Gasteiger partial charge in [-0.1, -0.05) is 24.3 Å². The van der Waals surface area contributed by atoms with E-state index in [2.05, 4.69) is 46.0 Å². The quantitative estimate of drug-likeness (QED) is 0.688. The van der Waals surface area contributed by atoms with Crippen LogP contribution in [0.1, 0.15) is 23.5 Å². The highest BCUT2D eigenvalue weighted by Crippen LogP contribution is 2.44. The van der Waals surface area contributed by atoms with E-state index in [1.165, 1.54) is 11.1 Å². The summed E-state index contributed by atoms with van der Waals surface area (Å²) in [6.07, 6.45) is 2.98. The maximum absolute atomic E-state index is 6.28. The van der Waals surface area contributed by atoms with Crippen molar-refractivity contribution in [3.05, 3.63) is 47.0 Å². The molecule has 0 radical (unpaired) electrons. The van der Waals surface area contributed by atoms with Gasteiger partial charge in [-0.15, -0.1) is 11.3 Å². The zero-order chi connectivity index (χ0) is 16.5. The van der Waals surface area contributed by atoms with Crippen molar-refractivity contribution in [2.75, 3.05) is 31.1 Å². The number of benzene rings is 1. The topological polar surface area (TPSA) is 57.8 Å². The summed E-state index contributed by atoms with van der Waals surface area (Å²) < 4.78 is 0. The molecule has 5 nitrogen and oxygen atoms in total. The van der Waals surface area contributed by atoms with Crippen LogP contribution in [-0.4, -0.2) is 48.1 Å². The van der Waals surface area contributed by atoms with Gasteiger partial charge in [-0.2, -0.15) is 0 Å². The molecule has 2 aromatic rings. The Bertz CT molecular complexity index is 719. The van der Waals surface area contributed by atoms with Crippen LogP contribution in [0.2, 0.25) is 0 Å². The third-order valence-corrected chi connectivity index (χ3v) is 5.77. The van der Waals surface area contributed by atoms with Crippen molar-refractivity contribution in [1.29, 1.82) is 0 Å². The van der Waals surface area contributed by atoms with E-state index in [0.29, 0.717) is 17.9 Å². The van der Waals surface area contributed by atoms with Gasteiger partial charge < -0.3 is 15.5 Å². The zero-order valence-electron chi connectivity index (χ0n) is 13.9. The lowest BCUT2D eigenvalue weighted by molar-refractivity contribution is 0.380. The molecular weight excluding hydrogens is 318 g/mol. The fraction of sp³-hybridized carbons (Fsp3) is 0.444. The molecule has 0 bridgehead atoms. The Morgan fingerprint density at radius 2 is 2.04 bits per heavy atom. The van der Waals surface area contributed by atoms with Crippen molar-refractivity contribution in [3.8, 4) is 0 Å². The molecule has 0 spiro atoms. The second-order valence-electron chi connectivity index (χ2n) is 6.54. The maximum Gasteiger partial charge on any atom is 0.191 e. The standard InChI is InChI=1S/C18H23N5S/c1-13-4-2-3-5-14(13)15-12-16(15)21-17(19)22-7-9-23(10-8-22)18-20-6-11-24-18/h2-6,11,15-16H,7-10,12H2,1H3,(H2,19,21). The molecule has 2 atom stereocenters. The Morgan fingerprint density at radius 1 is 1.25 bits per heavy atom. The van der Waals surface area contributed by atoms with Gasteiger partial charge in [-0.25, -0.2) is 9.98 Å². The molecule has 1 aromatic heterocycles. The van der Waals surface area contributed by atoms with Gasteiger partial charge in [0, 0.05) is 43.7 Å². The molecule has 0 amide bonds. The lowest BCUT2D eigenvalue weighted by atomic mass is 10.0. The largest absolute Gasteiger partial charge is 0.370 e. The van der Waals surface area contributed by atoms with Gasteiger partial charge in [0.25, 0.3) is 0 Å². The number of aryl methyl sites for hydroxylation is 1. The molecule has 6 heteroatoms. The van der Waals surface area contributed by atoms with Crippen molar-refractivity contribution in [2.24, 2.45) is 10.7 Å². The van der Waals surface area contributed by atoms with Crippen molar-refractivity contribution < 1.29 is 0 Å². The summed E-state index contributed by atoms with van der Waals surface area (Å²) in [6.45, 7) is 5.91. The van der Waals surface area contributed by atoms with E-state index in [9.17, 15) is 0 Å². The smallest absolute Gasteiger partial charge is 0.191 e. The second-order valence-corrected chi connectivity index (χ2v) is 7.42. The van der Waals surface area contributed by atoms with Gasteiger partial charge in [-0.3, -0.25) is 0 Å². The molecule has 1 aliphatic carbocycles. The Hall–Kier alpha value is -2.08. The van der Waals surface area contributed by atoms with Gasteiger partial charge in [0.05, 0.1) is 6.04 Å². The number of nitrogens with two attached hydrogens (primary N) is 1. The lowest BCUT2D eigenvalue weighted by Gasteiger charge is -2.35. The van der Waals surface area contributed by atoms with Crippen molar-refractivity contribution in [3.63, 3.8) is 0 Å². The van der Waals surface area contributed by atoms with Gasteiger partial charge in [0.2, 0.25) is 0 Å². The monoisotopic (exact) mass is 341 g/mol. The molecule has 2 heterocycles. The highest BCUT2D eigenvalue weighted by molar-refractivity contribution is 7.13. The SMILES string of the molecule is Cc1ccccc1C1CC1N=C(N)N1CCN(c2nccs2)CC1.